The molecule has 0 saturated carbocycles. The Labute approximate surface area is 172 Å². The van der Waals surface area contributed by atoms with E-state index < -0.39 is 5.97 Å². The number of likely N-dealkylation sites (tertiary alicyclic amines) is 1. The number of pyridine rings is 1. The molecule has 3 aromatic rings. The molecule has 1 aliphatic rings. The summed E-state index contributed by atoms with van der Waals surface area (Å²) in [6.07, 6.45) is 4.48. The van der Waals surface area contributed by atoms with Crippen molar-refractivity contribution in [3.63, 3.8) is 0 Å². The number of quaternary nitrogens is 1. The Balaban J connectivity index is 1.54. The molecule has 0 amide bonds. The molecule has 28 heavy (non-hydrogen) atoms. The van der Waals surface area contributed by atoms with E-state index >= 15 is 0 Å². The van der Waals surface area contributed by atoms with Gasteiger partial charge in [-0.05, 0) is 22.9 Å². The van der Waals surface area contributed by atoms with Gasteiger partial charge in [-0.25, -0.2) is 4.98 Å². The Hall–Kier alpha value is -1.87. The molecule has 1 unspecified atom stereocenters. The SMILES string of the molecule is C[N+](C)(C)C1C[C@@H](C(=O)O)CN(Cc2cnc(-c3nccc4ccsc34)s2)C1. The van der Waals surface area contributed by atoms with Crippen molar-refractivity contribution in [1.29, 1.82) is 0 Å². The van der Waals surface area contributed by atoms with E-state index in [2.05, 4.69) is 47.5 Å². The molecule has 0 bridgehead atoms. The lowest BCUT2D eigenvalue weighted by Gasteiger charge is -2.42. The zero-order valence-electron chi connectivity index (χ0n) is 16.3. The number of carbonyl (C=O) groups is 1. The van der Waals surface area contributed by atoms with Crippen LogP contribution < -0.4 is 0 Å². The summed E-state index contributed by atoms with van der Waals surface area (Å²) in [6.45, 7) is 2.23. The molecule has 6 nitrogen and oxygen atoms in total. The number of carboxylic acids is 1. The van der Waals surface area contributed by atoms with E-state index in [1.54, 1.807) is 22.7 Å². The van der Waals surface area contributed by atoms with Gasteiger partial charge in [-0.3, -0.25) is 14.7 Å². The van der Waals surface area contributed by atoms with Crippen LogP contribution in [0.25, 0.3) is 20.8 Å². The van der Waals surface area contributed by atoms with Crippen LogP contribution in [0.4, 0.5) is 0 Å². The Bertz CT molecular complexity index is 991. The van der Waals surface area contributed by atoms with Gasteiger partial charge in [-0.15, -0.1) is 22.7 Å². The Kier molecular flexibility index (Phi) is 5.22. The lowest BCUT2D eigenvalue weighted by molar-refractivity contribution is -0.897. The number of aliphatic carboxylic acids is 1. The summed E-state index contributed by atoms with van der Waals surface area (Å²) in [4.78, 5) is 24.3. The molecule has 0 radical (unpaired) electrons. The fraction of sp³-hybridized carbons (Fsp3) is 0.450. The van der Waals surface area contributed by atoms with Crippen LogP contribution in [0.1, 0.15) is 11.3 Å². The summed E-state index contributed by atoms with van der Waals surface area (Å²) >= 11 is 3.34. The van der Waals surface area contributed by atoms with Gasteiger partial charge in [-0.2, -0.15) is 0 Å². The number of nitrogens with zero attached hydrogens (tertiary/aromatic N) is 4. The van der Waals surface area contributed by atoms with E-state index in [1.807, 2.05) is 18.5 Å². The predicted octanol–water partition coefficient (Wildman–Crippen LogP) is 3.40. The highest BCUT2D eigenvalue weighted by Crippen LogP contribution is 2.34. The lowest BCUT2D eigenvalue weighted by atomic mass is 9.92. The first kappa shape index (κ1) is 19.4. The molecule has 4 rings (SSSR count). The van der Waals surface area contributed by atoms with Gasteiger partial charge in [0.05, 0.1) is 38.3 Å². The minimum atomic E-state index is -0.693. The minimum Gasteiger partial charge on any atom is -0.481 e. The average molecular weight is 418 g/mol. The molecule has 1 fully saturated rings. The molecule has 1 aliphatic heterocycles. The fourth-order valence-corrected chi connectivity index (χ4v) is 5.69. The molecule has 8 heteroatoms. The molecule has 4 heterocycles. The number of thiophene rings is 1. The second kappa shape index (κ2) is 7.51. The van der Waals surface area contributed by atoms with Crippen molar-refractivity contribution in [3.05, 3.63) is 34.8 Å². The van der Waals surface area contributed by atoms with Crippen LogP contribution in [-0.2, 0) is 11.3 Å². The van der Waals surface area contributed by atoms with Crippen LogP contribution in [0, 0.1) is 5.92 Å². The van der Waals surface area contributed by atoms with E-state index in [0.717, 1.165) is 44.3 Å². The molecular formula is C20H25N4O2S2+. The third kappa shape index (κ3) is 3.96. The number of rotatable bonds is 5. The van der Waals surface area contributed by atoms with Crippen LogP contribution in [0.15, 0.2) is 29.9 Å². The van der Waals surface area contributed by atoms with Gasteiger partial charge in [0.1, 0.15) is 16.7 Å². The first-order valence-corrected chi connectivity index (χ1v) is 11.0. The summed E-state index contributed by atoms with van der Waals surface area (Å²) in [7, 11) is 6.43. The molecule has 0 aromatic carbocycles. The monoisotopic (exact) mass is 417 g/mol. The maximum atomic E-state index is 11.7. The molecule has 148 valence electrons. The Morgan fingerprint density at radius 3 is 2.86 bits per heavy atom. The number of hydrogen-bond acceptors (Lipinski definition) is 6. The number of piperidine rings is 1. The number of likely N-dealkylation sites (N-methyl/N-ethyl adjacent to an activating group) is 1. The van der Waals surface area contributed by atoms with Gasteiger partial charge in [0.2, 0.25) is 0 Å². The molecule has 1 N–H and O–H groups in total. The van der Waals surface area contributed by atoms with Crippen molar-refractivity contribution in [3.8, 4) is 10.7 Å². The van der Waals surface area contributed by atoms with E-state index in [4.69, 9.17) is 0 Å². The maximum Gasteiger partial charge on any atom is 0.308 e. The second-order valence-corrected chi connectivity index (χ2v) is 10.4. The van der Waals surface area contributed by atoms with Gasteiger partial charge in [0.25, 0.3) is 0 Å². The molecule has 0 aliphatic carbocycles. The Morgan fingerprint density at radius 1 is 1.29 bits per heavy atom. The molecular weight excluding hydrogens is 392 g/mol. The number of thiazole rings is 1. The van der Waals surface area contributed by atoms with Gasteiger partial charge in [0, 0.05) is 36.8 Å². The van der Waals surface area contributed by atoms with Crippen LogP contribution >= 0.6 is 22.7 Å². The van der Waals surface area contributed by atoms with Crippen molar-refractivity contribution >= 4 is 38.7 Å². The number of hydrogen-bond donors (Lipinski definition) is 1. The molecule has 1 saturated heterocycles. The molecule has 0 spiro atoms. The molecule has 3 aromatic heterocycles. The lowest BCUT2D eigenvalue weighted by Crippen LogP contribution is -2.56. The quantitative estimate of drug-likeness (QED) is 0.645. The molecule has 2 atom stereocenters. The van der Waals surface area contributed by atoms with E-state index in [0.29, 0.717) is 12.6 Å². The highest BCUT2D eigenvalue weighted by atomic mass is 32.1. The second-order valence-electron chi connectivity index (χ2n) is 8.37. The van der Waals surface area contributed by atoms with Crippen LogP contribution in [-0.4, -0.2) is 70.7 Å². The van der Waals surface area contributed by atoms with Crippen molar-refractivity contribution in [2.24, 2.45) is 5.92 Å². The maximum absolute atomic E-state index is 11.7. The zero-order valence-corrected chi connectivity index (χ0v) is 18.0. The predicted molar refractivity (Wildman–Crippen MR) is 114 cm³/mol. The highest BCUT2D eigenvalue weighted by molar-refractivity contribution is 7.19. The highest BCUT2D eigenvalue weighted by Gasteiger charge is 2.38. The van der Waals surface area contributed by atoms with E-state index in [-0.39, 0.29) is 5.92 Å². The van der Waals surface area contributed by atoms with Crippen molar-refractivity contribution in [2.45, 2.75) is 19.0 Å². The van der Waals surface area contributed by atoms with Gasteiger partial charge < -0.3 is 9.59 Å². The van der Waals surface area contributed by atoms with Crippen LogP contribution in [0.3, 0.4) is 0 Å². The van der Waals surface area contributed by atoms with Gasteiger partial charge in [-0.1, -0.05) is 0 Å². The zero-order chi connectivity index (χ0) is 19.9. The Morgan fingerprint density at radius 2 is 2.11 bits per heavy atom. The fourth-order valence-electron chi connectivity index (χ4n) is 3.79. The van der Waals surface area contributed by atoms with Crippen LogP contribution in [0.2, 0.25) is 0 Å². The first-order valence-electron chi connectivity index (χ1n) is 9.35. The minimum absolute atomic E-state index is 0.309. The summed E-state index contributed by atoms with van der Waals surface area (Å²) in [5, 5.41) is 13.8. The third-order valence-electron chi connectivity index (χ3n) is 5.45. The van der Waals surface area contributed by atoms with Crippen LogP contribution in [0.5, 0.6) is 0 Å². The first-order chi connectivity index (χ1) is 13.3. The summed E-state index contributed by atoms with van der Waals surface area (Å²) in [6, 6.07) is 4.43. The van der Waals surface area contributed by atoms with Crippen molar-refractivity contribution in [1.82, 2.24) is 14.9 Å². The average Bonchev–Trinajstić information content (AvgIpc) is 3.29. The smallest absolute Gasteiger partial charge is 0.308 e. The van der Waals surface area contributed by atoms with Gasteiger partial charge in [0.15, 0.2) is 0 Å². The summed E-state index contributed by atoms with van der Waals surface area (Å²) < 4.78 is 1.94. The van der Waals surface area contributed by atoms with Crippen molar-refractivity contribution in [2.75, 3.05) is 34.2 Å². The normalized spacial score (nSPS) is 21.2. The number of aromatic nitrogens is 2. The summed E-state index contributed by atoms with van der Waals surface area (Å²) in [5.74, 6) is -1.01. The van der Waals surface area contributed by atoms with E-state index in [9.17, 15) is 9.90 Å². The number of carboxylic acid groups (broad SMARTS) is 1. The summed E-state index contributed by atoms with van der Waals surface area (Å²) in [5.41, 5.74) is 0.940. The topological polar surface area (TPSA) is 66.3 Å². The van der Waals surface area contributed by atoms with E-state index in [1.165, 1.54) is 5.39 Å². The van der Waals surface area contributed by atoms with Crippen molar-refractivity contribution < 1.29 is 14.4 Å². The number of fused-ring (bicyclic) bond motifs is 1. The standard InChI is InChI=1S/C20H24N4O2S2/c1-24(2,3)15-8-14(20(25)26)10-23(11-15)12-16-9-22-19(28-16)17-18-13(4-6-21-17)5-7-27-18/h4-7,9,14-15H,8,10-12H2,1-3H3/p+1/t14-,15?/m1/s1. The largest absolute Gasteiger partial charge is 0.481 e. The third-order valence-corrected chi connectivity index (χ3v) is 7.38. The van der Waals surface area contributed by atoms with Gasteiger partial charge >= 0.3 is 5.97 Å².